The molecule has 0 aromatic carbocycles. The monoisotopic (exact) mass is 563 g/mol. The van der Waals surface area contributed by atoms with Gasteiger partial charge in [-0.05, 0) is 36.3 Å². The van der Waals surface area contributed by atoms with E-state index >= 15 is 4.39 Å². The molecular weight excluding hydrogens is 524 g/mol. The van der Waals surface area contributed by atoms with Crippen LogP contribution in [0.2, 0.25) is 18.1 Å². The van der Waals surface area contributed by atoms with E-state index in [2.05, 4.69) is 59.8 Å². The molecule has 13 heteroatoms. The molecule has 0 bridgehead atoms. The van der Waals surface area contributed by atoms with Crippen LogP contribution in [0.5, 0.6) is 0 Å². The summed E-state index contributed by atoms with van der Waals surface area (Å²) in [6, 6.07) is 4.07. The lowest BCUT2D eigenvalue weighted by molar-refractivity contribution is 0.0957. The Bertz CT molecular complexity index is 1170. The summed E-state index contributed by atoms with van der Waals surface area (Å²) in [4.78, 5) is 35.6. The van der Waals surface area contributed by atoms with E-state index in [0.717, 1.165) is 0 Å². The van der Waals surface area contributed by atoms with E-state index in [4.69, 9.17) is 4.43 Å². The molecule has 2 aromatic heterocycles. The van der Waals surface area contributed by atoms with Crippen molar-refractivity contribution in [3.8, 4) is 0 Å². The number of hydrogen-bond donors (Lipinski definition) is 3. The molecule has 3 heterocycles. The molecule has 0 saturated carbocycles. The van der Waals surface area contributed by atoms with Crippen molar-refractivity contribution in [3.05, 3.63) is 47.4 Å². The van der Waals surface area contributed by atoms with Gasteiger partial charge in [0.25, 0.3) is 5.91 Å². The summed E-state index contributed by atoms with van der Waals surface area (Å²) >= 11 is 0. The zero-order valence-electron chi connectivity index (χ0n) is 23.5. The maximum absolute atomic E-state index is 15.1. The number of aromatic nitrogens is 2. The minimum Gasteiger partial charge on any atom is -0.415 e. The lowest BCUT2D eigenvalue weighted by Gasteiger charge is -2.36. The van der Waals surface area contributed by atoms with Crippen LogP contribution < -0.4 is 20.9 Å². The predicted octanol–water partition coefficient (Wildman–Crippen LogP) is 3.58. The summed E-state index contributed by atoms with van der Waals surface area (Å²) in [5, 5.41) is 7.66. The normalized spacial score (nSPS) is 14.7. The van der Waals surface area contributed by atoms with Gasteiger partial charge < -0.3 is 20.0 Å². The van der Waals surface area contributed by atoms with Crippen molar-refractivity contribution in [2.45, 2.75) is 45.4 Å². The first-order chi connectivity index (χ1) is 18.3. The zero-order valence-corrected chi connectivity index (χ0v) is 24.5. The minimum atomic E-state index is -1.91. The van der Waals surface area contributed by atoms with E-state index in [-0.39, 0.29) is 16.6 Å². The van der Waals surface area contributed by atoms with Gasteiger partial charge >= 0.3 is 6.03 Å². The molecule has 1 aliphatic rings. The average molecular weight is 564 g/mol. The van der Waals surface area contributed by atoms with Gasteiger partial charge in [0.15, 0.2) is 20.0 Å². The molecule has 214 valence electrons. The molecular formula is C26H39F2N7O3Si. The molecule has 10 nitrogen and oxygen atoms in total. The Morgan fingerprint density at radius 1 is 1.10 bits per heavy atom. The fraction of sp³-hybridized carbons (Fsp3) is 0.538. The fourth-order valence-electron chi connectivity index (χ4n) is 3.84. The number of nitrogens with zero attached hydrogens (tertiary/aromatic N) is 4. The number of hydrogen-bond acceptors (Lipinski definition) is 7. The van der Waals surface area contributed by atoms with Gasteiger partial charge in [0.05, 0.1) is 12.3 Å². The summed E-state index contributed by atoms with van der Waals surface area (Å²) in [6.45, 7) is 13.9. The minimum absolute atomic E-state index is 0.0168. The van der Waals surface area contributed by atoms with Crippen LogP contribution in [0.15, 0.2) is 24.4 Å². The zero-order chi connectivity index (χ0) is 28.8. The molecule has 39 heavy (non-hydrogen) atoms. The van der Waals surface area contributed by atoms with Crippen molar-refractivity contribution in [2.75, 3.05) is 56.6 Å². The Morgan fingerprint density at radius 2 is 1.79 bits per heavy atom. The van der Waals surface area contributed by atoms with E-state index in [9.17, 15) is 14.0 Å². The lowest BCUT2D eigenvalue weighted by Crippen LogP contribution is -2.46. The van der Waals surface area contributed by atoms with Gasteiger partial charge in [0.1, 0.15) is 5.69 Å². The Balaban J connectivity index is 1.50. The topological polar surface area (TPSA) is 112 Å². The number of anilines is 2. The number of rotatable bonds is 9. The summed E-state index contributed by atoms with van der Waals surface area (Å²) in [7, 11) is -0.452. The largest absolute Gasteiger partial charge is 0.415 e. The van der Waals surface area contributed by atoms with Crippen LogP contribution in [0.3, 0.4) is 0 Å². The van der Waals surface area contributed by atoms with E-state index in [1.54, 1.807) is 12.1 Å². The van der Waals surface area contributed by atoms with Crippen LogP contribution in [-0.2, 0) is 11.0 Å². The lowest BCUT2D eigenvalue weighted by atomic mass is 10.2. The third-order valence-electron chi connectivity index (χ3n) is 7.25. The van der Waals surface area contributed by atoms with Crippen molar-refractivity contribution in [2.24, 2.45) is 0 Å². The van der Waals surface area contributed by atoms with Crippen molar-refractivity contribution < 1.29 is 22.8 Å². The second kappa shape index (κ2) is 12.8. The maximum atomic E-state index is 15.1. The SMILES string of the molecule is CNC(=O)c1ccc(N2CCN(Cc3ccnc(NC(=O)NCCO[Si](C)(C)C(C)(C)C)c3F)CC2)c(F)n1. The summed E-state index contributed by atoms with van der Waals surface area (Å²) in [5.41, 5.74) is 0.741. The quantitative estimate of drug-likeness (QED) is 0.243. The number of halogens is 2. The highest BCUT2D eigenvalue weighted by atomic mass is 28.4. The van der Waals surface area contributed by atoms with Crippen LogP contribution in [-0.4, -0.2) is 81.5 Å². The molecule has 1 aliphatic heterocycles. The summed E-state index contributed by atoms with van der Waals surface area (Å²) in [6.07, 6.45) is 1.46. The number of nitrogens with one attached hydrogen (secondary N) is 3. The third-order valence-corrected chi connectivity index (χ3v) is 11.8. The van der Waals surface area contributed by atoms with Gasteiger partial charge in [-0.15, -0.1) is 0 Å². The molecule has 0 aliphatic carbocycles. The predicted molar refractivity (Wildman–Crippen MR) is 149 cm³/mol. The first-order valence-corrected chi connectivity index (χ1v) is 15.9. The van der Waals surface area contributed by atoms with Gasteiger partial charge in [-0.25, -0.2) is 19.2 Å². The Kier molecular flexibility index (Phi) is 9.97. The molecule has 2 aromatic rings. The first kappa shape index (κ1) is 30.4. The van der Waals surface area contributed by atoms with Crippen molar-refractivity contribution >= 4 is 31.8 Å². The number of piperazine rings is 1. The van der Waals surface area contributed by atoms with Gasteiger partial charge in [-0.2, -0.15) is 4.39 Å². The summed E-state index contributed by atoms with van der Waals surface area (Å²) in [5.74, 6) is -1.89. The maximum Gasteiger partial charge on any atom is 0.320 e. The highest BCUT2D eigenvalue weighted by molar-refractivity contribution is 6.74. The van der Waals surface area contributed by atoms with Crippen LogP contribution >= 0.6 is 0 Å². The molecule has 0 radical (unpaired) electrons. The highest BCUT2D eigenvalue weighted by Gasteiger charge is 2.36. The van der Waals surface area contributed by atoms with E-state index in [1.807, 2.05) is 9.80 Å². The Hall–Kier alpha value is -3.16. The van der Waals surface area contributed by atoms with Crippen LogP contribution in [0.4, 0.5) is 25.1 Å². The number of carbonyl (C=O) groups excluding carboxylic acids is 2. The number of amides is 3. The summed E-state index contributed by atoms with van der Waals surface area (Å²) < 4.78 is 35.7. The molecule has 1 saturated heterocycles. The van der Waals surface area contributed by atoms with Gasteiger partial charge in [-0.1, -0.05) is 20.8 Å². The fourth-order valence-corrected chi connectivity index (χ4v) is 4.88. The van der Waals surface area contributed by atoms with Crippen molar-refractivity contribution in [3.63, 3.8) is 0 Å². The molecule has 3 N–H and O–H groups in total. The van der Waals surface area contributed by atoms with Gasteiger partial charge in [-0.3, -0.25) is 15.0 Å². The first-order valence-electron chi connectivity index (χ1n) is 13.0. The highest BCUT2D eigenvalue weighted by Crippen LogP contribution is 2.36. The van der Waals surface area contributed by atoms with Crippen LogP contribution in [0, 0.1) is 11.8 Å². The van der Waals surface area contributed by atoms with Gasteiger partial charge in [0, 0.05) is 58.1 Å². The van der Waals surface area contributed by atoms with E-state index in [1.165, 1.54) is 19.3 Å². The number of pyridine rings is 2. The average Bonchev–Trinajstić information content (AvgIpc) is 2.88. The molecule has 3 amide bonds. The van der Waals surface area contributed by atoms with E-state index < -0.39 is 32.0 Å². The van der Waals surface area contributed by atoms with E-state index in [0.29, 0.717) is 57.1 Å². The molecule has 0 unspecified atom stereocenters. The molecule has 1 fully saturated rings. The van der Waals surface area contributed by atoms with Crippen LogP contribution in [0.25, 0.3) is 0 Å². The smallest absolute Gasteiger partial charge is 0.320 e. The molecule has 0 spiro atoms. The third kappa shape index (κ3) is 7.93. The van der Waals surface area contributed by atoms with Crippen molar-refractivity contribution in [1.82, 2.24) is 25.5 Å². The number of urea groups is 1. The van der Waals surface area contributed by atoms with Gasteiger partial charge in [0.2, 0.25) is 5.95 Å². The second-order valence-corrected chi connectivity index (χ2v) is 15.8. The molecule has 0 atom stereocenters. The second-order valence-electron chi connectivity index (χ2n) is 11.0. The van der Waals surface area contributed by atoms with Crippen molar-refractivity contribution in [1.29, 1.82) is 0 Å². The number of carbonyl (C=O) groups is 2. The Morgan fingerprint density at radius 3 is 2.41 bits per heavy atom. The Labute approximate surface area is 229 Å². The standard InChI is InChI=1S/C26H39F2N7O3Si/c1-26(2,3)39(5,6)38-16-11-31-25(37)33-23-21(27)18(9-10-30-23)17-34-12-14-35(15-13-34)20-8-7-19(24(36)29-4)32-22(20)28/h7-10H,11-17H2,1-6H3,(H,29,36)(H2,30,31,33,37). The van der Waals surface area contributed by atoms with Crippen LogP contribution in [0.1, 0.15) is 36.8 Å². The molecule has 3 rings (SSSR count).